The number of carboxylic acid groups (broad SMARTS) is 2. The van der Waals surface area contributed by atoms with Crippen molar-refractivity contribution in [3.05, 3.63) is 0 Å². The zero-order valence-electron chi connectivity index (χ0n) is 21.1. The zero-order valence-corrected chi connectivity index (χ0v) is 22.0. The summed E-state index contributed by atoms with van der Waals surface area (Å²) >= 11 is 0. The Balaban J connectivity index is 3.60. The fourth-order valence-electron chi connectivity index (χ4n) is 3.59. The SMILES string of the molecule is O=C(O)CCCCCCCCCCCCCCCOCC(COP(=O)(O)O)OCCCCC(=O)O. The maximum Gasteiger partial charge on any atom is 0.469 e. The van der Waals surface area contributed by atoms with Crippen molar-refractivity contribution in [2.45, 2.75) is 115 Å². The van der Waals surface area contributed by atoms with Crippen molar-refractivity contribution < 1.29 is 48.2 Å². The van der Waals surface area contributed by atoms with Crippen LogP contribution in [0.3, 0.4) is 0 Å². The lowest BCUT2D eigenvalue weighted by Crippen LogP contribution is -2.26. The van der Waals surface area contributed by atoms with Gasteiger partial charge in [-0.1, -0.05) is 70.6 Å². The molecule has 0 heterocycles. The molecule has 4 N–H and O–H groups in total. The van der Waals surface area contributed by atoms with Gasteiger partial charge >= 0.3 is 19.8 Å². The molecule has 10 nitrogen and oxygen atoms in total. The lowest BCUT2D eigenvalue weighted by molar-refractivity contribution is -0.138. The monoisotopic (exact) mass is 526 g/mol. The van der Waals surface area contributed by atoms with E-state index >= 15 is 0 Å². The van der Waals surface area contributed by atoms with Crippen molar-refractivity contribution in [3.8, 4) is 0 Å². The summed E-state index contributed by atoms with van der Waals surface area (Å²) < 4.78 is 26.6. The molecule has 0 radical (unpaired) electrons. The standard InChI is InChI=1S/C24H47O10P/c25-23(26)16-12-10-8-6-4-2-1-3-5-7-9-11-14-18-32-20-22(21-34-35(29,30)31)33-19-15-13-17-24(27)28/h22H,1-21H2,(H,25,26)(H,27,28)(H2,29,30,31). The zero-order chi connectivity index (χ0) is 26.2. The molecular formula is C24H47O10P. The number of rotatable bonds is 27. The molecule has 35 heavy (non-hydrogen) atoms. The first-order valence-corrected chi connectivity index (χ1v) is 14.6. The van der Waals surface area contributed by atoms with Gasteiger partial charge < -0.3 is 29.5 Å². The molecule has 1 unspecified atom stereocenters. The molecule has 0 rings (SSSR count). The number of aliphatic carboxylic acids is 2. The molecule has 0 aliphatic heterocycles. The van der Waals surface area contributed by atoms with Crippen molar-refractivity contribution >= 4 is 19.8 Å². The predicted molar refractivity (Wildman–Crippen MR) is 132 cm³/mol. The Morgan fingerprint density at radius 2 is 1.00 bits per heavy atom. The average Bonchev–Trinajstić information content (AvgIpc) is 2.77. The van der Waals surface area contributed by atoms with Gasteiger partial charge in [0.1, 0.15) is 6.10 Å². The highest BCUT2D eigenvalue weighted by Gasteiger charge is 2.19. The van der Waals surface area contributed by atoms with E-state index in [1.54, 1.807) is 0 Å². The number of phosphoric ester groups is 1. The van der Waals surface area contributed by atoms with Gasteiger partial charge in [-0.3, -0.25) is 14.1 Å². The molecule has 11 heteroatoms. The average molecular weight is 527 g/mol. The number of hydrogen-bond donors (Lipinski definition) is 4. The lowest BCUT2D eigenvalue weighted by Gasteiger charge is -2.18. The topological polar surface area (TPSA) is 160 Å². The lowest BCUT2D eigenvalue weighted by atomic mass is 10.0. The van der Waals surface area contributed by atoms with Crippen molar-refractivity contribution in [3.63, 3.8) is 0 Å². The highest BCUT2D eigenvalue weighted by atomic mass is 31.2. The Bertz CT molecular complexity index is 567. The van der Waals surface area contributed by atoms with Gasteiger partial charge in [0, 0.05) is 26.1 Å². The Morgan fingerprint density at radius 3 is 1.46 bits per heavy atom. The number of phosphoric acid groups is 1. The summed E-state index contributed by atoms with van der Waals surface area (Å²) in [5.74, 6) is -1.57. The minimum Gasteiger partial charge on any atom is -0.481 e. The summed E-state index contributed by atoms with van der Waals surface area (Å²) in [6, 6.07) is 0. The summed E-state index contributed by atoms with van der Waals surface area (Å²) in [6.45, 7) is 0.701. The molecule has 0 saturated carbocycles. The van der Waals surface area contributed by atoms with Crippen LogP contribution < -0.4 is 0 Å². The second-order valence-corrected chi connectivity index (χ2v) is 10.2. The molecule has 0 amide bonds. The molecule has 0 aliphatic rings. The predicted octanol–water partition coefficient (Wildman–Crippen LogP) is 5.30. The second kappa shape index (κ2) is 23.4. The number of hydrogen-bond acceptors (Lipinski definition) is 6. The van der Waals surface area contributed by atoms with Crippen LogP contribution in [-0.2, 0) is 28.2 Å². The summed E-state index contributed by atoms with van der Waals surface area (Å²) in [6.07, 6.45) is 15.4. The fraction of sp³-hybridized carbons (Fsp3) is 0.917. The maximum atomic E-state index is 10.9. The Labute approximate surface area is 210 Å². The van der Waals surface area contributed by atoms with E-state index in [1.807, 2.05) is 0 Å². The molecule has 0 aromatic carbocycles. The third-order valence-electron chi connectivity index (χ3n) is 5.55. The third kappa shape index (κ3) is 29.1. The largest absolute Gasteiger partial charge is 0.481 e. The minimum absolute atomic E-state index is 0.0566. The summed E-state index contributed by atoms with van der Waals surface area (Å²) in [5, 5.41) is 17.2. The number of ether oxygens (including phenoxy) is 2. The third-order valence-corrected chi connectivity index (χ3v) is 6.04. The van der Waals surface area contributed by atoms with Crippen LogP contribution in [0.2, 0.25) is 0 Å². The van der Waals surface area contributed by atoms with Gasteiger partial charge in [-0.2, -0.15) is 0 Å². The molecule has 0 fully saturated rings. The van der Waals surface area contributed by atoms with Crippen molar-refractivity contribution in [1.29, 1.82) is 0 Å². The van der Waals surface area contributed by atoms with Crippen molar-refractivity contribution in [2.75, 3.05) is 26.4 Å². The highest BCUT2D eigenvalue weighted by molar-refractivity contribution is 7.46. The Kier molecular flexibility index (Phi) is 22.7. The van der Waals surface area contributed by atoms with Crippen LogP contribution in [0.4, 0.5) is 0 Å². The van der Waals surface area contributed by atoms with Crippen LogP contribution in [-0.4, -0.2) is 64.5 Å². The molecule has 0 aromatic heterocycles. The Hall–Kier alpha value is -1.03. The molecule has 208 valence electrons. The van der Waals surface area contributed by atoms with Crippen LogP contribution in [0, 0.1) is 0 Å². The van der Waals surface area contributed by atoms with Gasteiger partial charge in [0.2, 0.25) is 0 Å². The van der Waals surface area contributed by atoms with Crippen LogP contribution in [0.1, 0.15) is 109 Å². The first-order chi connectivity index (χ1) is 16.7. The van der Waals surface area contributed by atoms with Gasteiger partial charge in [0.05, 0.1) is 13.2 Å². The molecule has 0 aromatic rings. The Morgan fingerprint density at radius 1 is 0.600 bits per heavy atom. The van der Waals surface area contributed by atoms with Crippen LogP contribution >= 0.6 is 7.82 Å². The first-order valence-electron chi connectivity index (χ1n) is 13.0. The van der Waals surface area contributed by atoms with Crippen LogP contribution in [0.15, 0.2) is 0 Å². The van der Waals surface area contributed by atoms with E-state index in [0.717, 1.165) is 38.5 Å². The second-order valence-electron chi connectivity index (χ2n) is 8.94. The smallest absolute Gasteiger partial charge is 0.469 e. The van der Waals surface area contributed by atoms with E-state index in [9.17, 15) is 14.2 Å². The minimum atomic E-state index is -4.59. The van der Waals surface area contributed by atoms with Gasteiger partial charge in [-0.25, -0.2) is 4.57 Å². The normalized spacial score (nSPS) is 12.6. The quantitative estimate of drug-likeness (QED) is 0.0817. The van der Waals surface area contributed by atoms with E-state index in [-0.39, 0.29) is 32.7 Å². The van der Waals surface area contributed by atoms with Gasteiger partial charge in [0.15, 0.2) is 0 Å². The van der Waals surface area contributed by atoms with E-state index in [1.165, 1.54) is 44.9 Å². The summed E-state index contributed by atoms with van der Waals surface area (Å²) in [4.78, 5) is 38.7. The van der Waals surface area contributed by atoms with Gasteiger partial charge in [0.25, 0.3) is 0 Å². The molecule has 0 saturated heterocycles. The number of carbonyl (C=O) groups is 2. The van der Waals surface area contributed by atoms with Crippen molar-refractivity contribution in [1.82, 2.24) is 0 Å². The van der Waals surface area contributed by atoms with E-state index in [4.69, 9.17) is 29.5 Å². The van der Waals surface area contributed by atoms with Crippen LogP contribution in [0.25, 0.3) is 0 Å². The van der Waals surface area contributed by atoms with E-state index < -0.39 is 25.9 Å². The van der Waals surface area contributed by atoms with Gasteiger partial charge in [-0.05, 0) is 25.7 Å². The van der Waals surface area contributed by atoms with E-state index in [2.05, 4.69) is 4.52 Å². The molecule has 1 atom stereocenters. The molecule has 0 spiro atoms. The summed E-state index contributed by atoms with van der Waals surface area (Å²) in [5.41, 5.74) is 0. The number of unbranched alkanes of at least 4 members (excludes halogenated alkanes) is 13. The van der Waals surface area contributed by atoms with Crippen molar-refractivity contribution in [2.24, 2.45) is 0 Å². The van der Waals surface area contributed by atoms with E-state index in [0.29, 0.717) is 19.4 Å². The van der Waals surface area contributed by atoms with Gasteiger partial charge in [-0.15, -0.1) is 0 Å². The first kappa shape index (κ1) is 34.0. The van der Waals surface area contributed by atoms with Crippen LogP contribution in [0.5, 0.6) is 0 Å². The fourth-order valence-corrected chi connectivity index (χ4v) is 3.95. The highest BCUT2D eigenvalue weighted by Crippen LogP contribution is 2.35. The molecule has 0 bridgehead atoms. The molecular weight excluding hydrogens is 479 g/mol. The number of carboxylic acids is 2. The molecule has 0 aliphatic carbocycles. The summed E-state index contributed by atoms with van der Waals surface area (Å²) in [7, 11) is -4.59. The maximum absolute atomic E-state index is 10.9.